The molecule has 2 aliphatic heterocycles. The van der Waals surface area contributed by atoms with Crippen molar-refractivity contribution in [1.29, 1.82) is 0 Å². The summed E-state index contributed by atoms with van der Waals surface area (Å²) >= 11 is 8.28. The Balaban J connectivity index is 1.95. The molecule has 0 radical (unpaired) electrons. The van der Waals surface area contributed by atoms with Crippen molar-refractivity contribution in [3.63, 3.8) is 0 Å². The summed E-state index contributed by atoms with van der Waals surface area (Å²) in [5, 5.41) is 0.575. The molecule has 0 aromatic carbocycles. The SMILES string of the molecule is Cc1nc(C2CC3CCC2O3)nc(Cl)c1I. The molecule has 3 heterocycles. The smallest absolute Gasteiger partial charge is 0.146 e. The summed E-state index contributed by atoms with van der Waals surface area (Å²) in [6.45, 7) is 1.98. The lowest BCUT2D eigenvalue weighted by molar-refractivity contribution is 0.0998. The summed E-state index contributed by atoms with van der Waals surface area (Å²) in [6, 6.07) is 0. The van der Waals surface area contributed by atoms with E-state index in [0.717, 1.165) is 27.9 Å². The van der Waals surface area contributed by atoms with Crippen LogP contribution >= 0.6 is 34.2 Å². The van der Waals surface area contributed by atoms with E-state index in [1.54, 1.807) is 0 Å². The number of hydrogen-bond acceptors (Lipinski definition) is 3. The van der Waals surface area contributed by atoms with Crippen molar-refractivity contribution in [3.8, 4) is 0 Å². The molecule has 3 rings (SSSR count). The summed E-state index contributed by atoms with van der Waals surface area (Å²) in [4.78, 5) is 8.95. The van der Waals surface area contributed by atoms with E-state index in [1.807, 2.05) is 6.92 Å². The predicted octanol–water partition coefficient (Wildman–Crippen LogP) is 3.08. The Morgan fingerprint density at radius 1 is 1.38 bits per heavy atom. The highest BCUT2D eigenvalue weighted by molar-refractivity contribution is 14.1. The van der Waals surface area contributed by atoms with Crippen molar-refractivity contribution < 1.29 is 4.74 Å². The minimum atomic E-state index is 0.320. The van der Waals surface area contributed by atoms with Crippen LogP contribution in [0.1, 0.15) is 36.7 Å². The highest BCUT2D eigenvalue weighted by Crippen LogP contribution is 2.43. The van der Waals surface area contributed by atoms with Gasteiger partial charge in [-0.05, 0) is 48.8 Å². The van der Waals surface area contributed by atoms with Crippen molar-refractivity contribution in [2.45, 2.75) is 44.3 Å². The second-order valence-electron chi connectivity index (χ2n) is 4.49. The van der Waals surface area contributed by atoms with Gasteiger partial charge in [0.15, 0.2) is 0 Å². The molecule has 0 aliphatic carbocycles. The first-order chi connectivity index (χ1) is 7.65. The second kappa shape index (κ2) is 4.07. The molecular weight excluding hydrogens is 338 g/mol. The first-order valence-corrected chi connectivity index (χ1v) is 6.96. The number of aromatic nitrogens is 2. The number of halogens is 2. The Morgan fingerprint density at radius 3 is 2.75 bits per heavy atom. The van der Waals surface area contributed by atoms with Crippen LogP contribution in [0.3, 0.4) is 0 Å². The zero-order valence-electron chi connectivity index (χ0n) is 8.91. The average Bonchev–Trinajstić information content (AvgIpc) is 2.86. The Bertz CT molecular complexity index is 417. The predicted molar refractivity (Wildman–Crippen MR) is 69.7 cm³/mol. The van der Waals surface area contributed by atoms with Gasteiger partial charge in [-0.2, -0.15) is 0 Å². The molecule has 16 heavy (non-hydrogen) atoms. The highest BCUT2D eigenvalue weighted by Gasteiger charge is 2.43. The molecule has 5 heteroatoms. The van der Waals surface area contributed by atoms with Crippen molar-refractivity contribution in [3.05, 3.63) is 20.2 Å². The van der Waals surface area contributed by atoms with Gasteiger partial charge in [0.25, 0.3) is 0 Å². The maximum Gasteiger partial charge on any atom is 0.146 e. The molecular formula is C11H12ClIN2O. The molecule has 2 bridgehead atoms. The Hall–Kier alpha value is 0.0600. The van der Waals surface area contributed by atoms with Gasteiger partial charge < -0.3 is 4.74 Å². The summed E-state index contributed by atoms with van der Waals surface area (Å²) in [7, 11) is 0. The third-order valence-electron chi connectivity index (χ3n) is 3.43. The van der Waals surface area contributed by atoms with E-state index in [1.165, 1.54) is 6.42 Å². The van der Waals surface area contributed by atoms with Crippen LogP contribution in [0.4, 0.5) is 0 Å². The Kier molecular flexibility index (Phi) is 2.84. The van der Waals surface area contributed by atoms with Gasteiger partial charge in [0.1, 0.15) is 11.0 Å². The van der Waals surface area contributed by atoms with Crippen molar-refractivity contribution in [1.82, 2.24) is 9.97 Å². The molecule has 3 unspecified atom stereocenters. The molecule has 86 valence electrons. The minimum Gasteiger partial charge on any atom is -0.374 e. The van der Waals surface area contributed by atoms with Gasteiger partial charge in [-0.25, -0.2) is 9.97 Å². The van der Waals surface area contributed by atoms with E-state index in [0.29, 0.717) is 23.3 Å². The second-order valence-corrected chi connectivity index (χ2v) is 5.92. The Morgan fingerprint density at radius 2 is 2.19 bits per heavy atom. The maximum atomic E-state index is 6.10. The van der Waals surface area contributed by atoms with Crippen LogP contribution in [-0.4, -0.2) is 22.2 Å². The van der Waals surface area contributed by atoms with Crippen molar-refractivity contribution >= 4 is 34.2 Å². The van der Waals surface area contributed by atoms with Crippen LogP contribution in [0.5, 0.6) is 0 Å². The van der Waals surface area contributed by atoms with Gasteiger partial charge in [0.2, 0.25) is 0 Å². The summed E-state index contributed by atoms with van der Waals surface area (Å²) in [5.74, 6) is 1.22. The molecule has 0 spiro atoms. The van der Waals surface area contributed by atoms with Crippen LogP contribution in [-0.2, 0) is 4.74 Å². The van der Waals surface area contributed by atoms with Crippen LogP contribution in [0.25, 0.3) is 0 Å². The Labute approximate surface area is 113 Å². The zero-order valence-corrected chi connectivity index (χ0v) is 11.8. The number of fused-ring (bicyclic) bond motifs is 2. The van der Waals surface area contributed by atoms with Crippen LogP contribution < -0.4 is 0 Å². The molecule has 2 aliphatic rings. The third kappa shape index (κ3) is 1.75. The van der Waals surface area contributed by atoms with Gasteiger partial charge in [-0.15, -0.1) is 0 Å². The molecule has 1 aromatic rings. The fraction of sp³-hybridized carbons (Fsp3) is 0.636. The van der Waals surface area contributed by atoms with Crippen LogP contribution in [0.15, 0.2) is 0 Å². The number of rotatable bonds is 1. The lowest BCUT2D eigenvalue weighted by Crippen LogP contribution is -2.18. The average molecular weight is 351 g/mol. The normalized spacial score (nSPS) is 32.3. The van der Waals surface area contributed by atoms with Gasteiger partial charge in [0.05, 0.1) is 21.5 Å². The fourth-order valence-corrected chi connectivity index (χ4v) is 3.08. The van der Waals surface area contributed by atoms with E-state index in [-0.39, 0.29) is 0 Å². The quantitative estimate of drug-likeness (QED) is 0.577. The van der Waals surface area contributed by atoms with E-state index in [4.69, 9.17) is 16.3 Å². The molecule has 0 N–H and O–H groups in total. The molecule has 1 aromatic heterocycles. The fourth-order valence-electron chi connectivity index (χ4n) is 2.62. The van der Waals surface area contributed by atoms with Crippen LogP contribution in [0.2, 0.25) is 5.15 Å². The first-order valence-electron chi connectivity index (χ1n) is 5.50. The summed E-state index contributed by atoms with van der Waals surface area (Å²) in [6.07, 6.45) is 4.14. The van der Waals surface area contributed by atoms with Gasteiger partial charge in [0, 0.05) is 5.92 Å². The zero-order chi connectivity index (χ0) is 11.3. The molecule has 3 atom stereocenters. The van der Waals surface area contributed by atoms with E-state index >= 15 is 0 Å². The summed E-state index contributed by atoms with van der Waals surface area (Å²) in [5.41, 5.74) is 0.971. The van der Waals surface area contributed by atoms with Crippen LogP contribution in [0, 0.1) is 10.5 Å². The molecule has 2 saturated heterocycles. The maximum absolute atomic E-state index is 6.10. The van der Waals surface area contributed by atoms with Crippen molar-refractivity contribution in [2.24, 2.45) is 0 Å². The lowest BCUT2D eigenvalue weighted by atomic mass is 9.88. The number of nitrogens with zero attached hydrogens (tertiary/aromatic N) is 2. The number of hydrogen-bond donors (Lipinski definition) is 0. The van der Waals surface area contributed by atoms with Crippen molar-refractivity contribution in [2.75, 3.05) is 0 Å². The van der Waals surface area contributed by atoms with Gasteiger partial charge in [-0.1, -0.05) is 11.6 Å². The highest BCUT2D eigenvalue weighted by atomic mass is 127. The molecule has 3 nitrogen and oxygen atoms in total. The molecule has 0 amide bonds. The molecule has 2 fully saturated rings. The van der Waals surface area contributed by atoms with E-state index in [2.05, 4.69) is 32.6 Å². The topological polar surface area (TPSA) is 35.0 Å². The largest absolute Gasteiger partial charge is 0.374 e. The number of ether oxygens (including phenoxy) is 1. The minimum absolute atomic E-state index is 0.320. The third-order valence-corrected chi connectivity index (χ3v) is 5.32. The van der Waals surface area contributed by atoms with Gasteiger partial charge in [-0.3, -0.25) is 0 Å². The standard InChI is InChI=1S/C11H12ClIN2O/c1-5-9(13)10(12)15-11(14-5)7-4-6-2-3-8(7)16-6/h6-8H,2-4H2,1H3. The van der Waals surface area contributed by atoms with E-state index < -0.39 is 0 Å². The van der Waals surface area contributed by atoms with Gasteiger partial charge >= 0.3 is 0 Å². The molecule has 0 saturated carbocycles. The number of aryl methyl sites for hydroxylation is 1. The summed E-state index contributed by atoms with van der Waals surface area (Å²) < 4.78 is 6.78. The monoisotopic (exact) mass is 350 g/mol. The first kappa shape index (κ1) is 11.2. The van der Waals surface area contributed by atoms with E-state index in [9.17, 15) is 0 Å². The lowest BCUT2D eigenvalue weighted by Gasteiger charge is -2.17.